The molecule has 6 nitrogen and oxygen atoms in total. The lowest BCUT2D eigenvalue weighted by atomic mass is 9.73. The second-order valence-electron chi connectivity index (χ2n) is 6.28. The summed E-state index contributed by atoms with van der Waals surface area (Å²) in [5.41, 5.74) is -0.769. The van der Waals surface area contributed by atoms with Crippen LogP contribution in [-0.2, 0) is 9.59 Å². The first-order valence-corrected chi connectivity index (χ1v) is 7.46. The van der Waals surface area contributed by atoms with Crippen LogP contribution < -0.4 is 10.6 Å². The first kappa shape index (κ1) is 13.4. The van der Waals surface area contributed by atoms with Crippen molar-refractivity contribution in [3.63, 3.8) is 0 Å². The molecule has 1 aliphatic heterocycles. The summed E-state index contributed by atoms with van der Waals surface area (Å²) in [6.45, 7) is 1.85. The van der Waals surface area contributed by atoms with Crippen LogP contribution in [0.3, 0.4) is 0 Å². The minimum absolute atomic E-state index is 0.129. The van der Waals surface area contributed by atoms with Gasteiger partial charge in [0.1, 0.15) is 12.1 Å². The normalized spacial score (nSPS) is 33.5. The quantitative estimate of drug-likeness (QED) is 0.749. The van der Waals surface area contributed by atoms with Crippen molar-refractivity contribution in [2.75, 3.05) is 6.54 Å². The summed E-state index contributed by atoms with van der Waals surface area (Å²) < 4.78 is 0. The fourth-order valence-corrected chi connectivity index (χ4v) is 3.28. The molecule has 0 radical (unpaired) electrons. The van der Waals surface area contributed by atoms with Crippen LogP contribution in [0.25, 0.3) is 0 Å². The molecule has 0 unspecified atom stereocenters. The molecule has 1 saturated heterocycles. The molecule has 1 spiro atoms. The Labute approximate surface area is 118 Å². The highest BCUT2D eigenvalue weighted by molar-refractivity contribution is 6.09. The summed E-state index contributed by atoms with van der Waals surface area (Å²) in [5, 5.41) is 5.66. The van der Waals surface area contributed by atoms with Gasteiger partial charge in [0.05, 0.1) is 0 Å². The highest BCUT2D eigenvalue weighted by Gasteiger charge is 2.55. The Morgan fingerprint density at radius 1 is 1.35 bits per heavy atom. The van der Waals surface area contributed by atoms with E-state index in [0.717, 1.165) is 37.0 Å². The SMILES string of the molecule is C[C@@H]1CCCC[C@]12NC(=O)N(CC(=O)NC1CC1)C2=O. The van der Waals surface area contributed by atoms with E-state index >= 15 is 0 Å². The highest BCUT2D eigenvalue weighted by atomic mass is 16.2. The number of carbonyl (C=O) groups is 3. The second kappa shape index (κ2) is 4.75. The summed E-state index contributed by atoms with van der Waals surface area (Å²) in [6.07, 6.45) is 5.64. The van der Waals surface area contributed by atoms with Crippen molar-refractivity contribution in [1.29, 1.82) is 0 Å². The van der Waals surface area contributed by atoms with E-state index in [2.05, 4.69) is 10.6 Å². The molecule has 4 amide bonds. The van der Waals surface area contributed by atoms with E-state index < -0.39 is 11.6 Å². The van der Waals surface area contributed by atoms with Gasteiger partial charge in [-0.2, -0.15) is 0 Å². The van der Waals surface area contributed by atoms with E-state index in [1.165, 1.54) is 0 Å². The molecule has 1 heterocycles. The van der Waals surface area contributed by atoms with Crippen molar-refractivity contribution < 1.29 is 14.4 Å². The van der Waals surface area contributed by atoms with Crippen LogP contribution in [0, 0.1) is 5.92 Å². The maximum atomic E-state index is 12.6. The Morgan fingerprint density at radius 2 is 2.10 bits per heavy atom. The molecule has 20 heavy (non-hydrogen) atoms. The van der Waals surface area contributed by atoms with Gasteiger partial charge in [-0.1, -0.05) is 19.8 Å². The summed E-state index contributed by atoms with van der Waals surface area (Å²) in [7, 11) is 0. The van der Waals surface area contributed by atoms with Crippen LogP contribution in [0.15, 0.2) is 0 Å². The molecular weight excluding hydrogens is 258 g/mol. The number of amides is 4. The molecule has 2 saturated carbocycles. The molecule has 110 valence electrons. The number of hydrogen-bond donors (Lipinski definition) is 2. The third kappa shape index (κ3) is 2.17. The first-order valence-electron chi connectivity index (χ1n) is 7.46. The molecule has 3 fully saturated rings. The van der Waals surface area contributed by atoms with Crippen molar-refractivity contribution in [3.8, 4) is 0 Å². The average Bonchev–Trinajstić information content (AvgIpc) is 3.17. The van der Waals surface area contributed by atoms with Gasteiger partial charge in [-0.15, -0.1) is 0 Å². The smallest absolute Gasteiger partial charge is 0.325 e. The van der Waals surface area contributed by atoms with Crippen LogP contribution >= 0.6 is 0 Å². The van der Waals surface area contributed by atoms with Crippen LogP contribution in [0.5, 0.6) is 0 Å². The molecular formula is C14H21N3O3. The monoisotopic (exact) mass is 279 g/mol. The zero-order chi connectivity index (χ0) is 14.3. The lowest BCUT2D eigenvalue weighted by Crippen LogP contribution is -2.54. The Bertz CT molecular complexity index is 461. The largest absolute Gasteiger partial charge is 0.352 e. The van der Waals surface area contributed by atoms with Crippen molar-refractivity contribution in [2.24, 2.45) is 5.92 Å². The van der Waals surface area contributed by atoms with Gasteiger partial charge in [-0.25, -0.2) is 4.79 Å². The summed E-state index contributed by atoms with van der Waals surface area (Å²) in [4.78, 5) is 37.5. The molecule has 2 N–H and O–H groups in total. The van der Waals surface area contributed by atoms with Crippen LogP contribution in [0.2, 0.25) is 0 Å². The molecule has 0 bridgehead atoms. The topological polar surface area (TPSA) is 78.5 Å². The summed E-state index contributed by atoms with van der Waals surface area (Å²) in [6, 6.07) is -0.180. The number of imide groups is 1. The number of nitrogens with zero attached hydrogens (tertiary/aromatic N) is 1. The van der Waals surface area contributed by atoms with Crippen molar-refractivity contribution in [2.45, 2.75) is 57.0 Å². The van der Waals surface area contributed by atoms with Gasteiger partial charge in [0.15, 0.2) is 0 Å². The van der Waals surface area contributed by atoms with Gasteiger partial charge in [-0.3, -0.25) is 14.5 Å². The molecule has 2 aliphatic carbocycles. The van der Waals surface area contributed by atoms with Crippen LogP contribution in [0.4, 0.5) is 4.79 Å². The standard InChI is InChI=1S/C14H21N3O3/c1-9-4-2-3-7-14(9)12(19)17(13(20)16-14)8-11(18)15-10-5-6-10/h9-10H,2-8H2,1H3,(H,15,18)(H,16,20)/t9-,14+/m1/s1. The van der Waals surface area contributed by atoms with E-state index in [1.807, 2.05) is 6.92 Å². The van der Waals surface area contributed by atoms with Crippen molar-refractivity contribution in [3.05, 3.63) is 0 Å². The van der Waals surface area contributed by atoms with E-state index in [9.17, 15) is 14.4 Å². The number of nitrogens with one attached hydrogen (secondary N) is 2. The second-order valence-corrected chi connectivity index (χ2v) is 6.28. The van der Waals surface area contributed by atoms with Gasteiger partial charge in [0, 0.05) is 6.04 Å². The van der Waals surface area contributed by atoms with E-state index in [-0.39, 0.29) is 30.3 Å². The minimum atomic E-state index is -0.769. The Kier molecular flexibility index (Phi) is 3.18. The maximum absolute atomic E-state index is 12.6. The predicted octanol–water partition coefficient (Wildman–Crippen LogP) is 0.766. The first-order chi connectivity index (χ1) is 9.53. The third-order valence-corrected chi connectivity index (χ3v) is 4.75. The number of urea groups is 1. The van der Waals surface area contributed by atoms with Gasteiger partial charge < -0.3 is 10.6 Å². The molecule has 3 rings (SSSR count). The molecule has 0 aromatic carbocycles. The fraction of sp³-hybridized carbons (Fsp3) is 0.786. The summed E-state index contributed by atoms with van der Waals surface area (Å²) >= 11 is 0. The number of carbonyl (C=O) groups excluding carboxylic acids is 3. The van der Waals surface area contributed by atoms with Crippen LogP contribution in [-0.4, -0.2) is 40.9 Å². The zero-order valence-corrected chi connectivity index (χ0v) is 11.8. The van der Waals surface area contributed by atoms with Gasteiger partial charge in [-0.05, 0) is 31.6 Å². The Balaban J connectivity index is 1.70. The van der Waals surface area contributed by atoms with Gasteiger partial charge in [0.25, 0.3) is 5.91 Å². The number of rotatable bonds is 3. The lowest BCUT2D eigenvalue weighted by molar-refractivity contribution is -0.137. The van der Waals surface area contributed by atoms with Crippen molar-refractivity contribution in [1.82, 2.24) is 15.5 Å². The van der Waals surface area contributed by atoms with E-state index in [4.69, 9.17) is 0 Å². The molecule has 0 aromatic heterocycles. The molecule has 0 aromatic rings. The average molecular weight is 279 g/mol. The van der Waals surface area contributed by atoms with E-state index in [0.29, 0.717) is 6.42 Å². The highest BCUT2D eigenvalue weighted by Crippen LogP contribution is 2.38. The molecule has 2 atom stereocenters. The molecule has 3 aliphatic rings. The Hall–Kier alpha value is -1.59. The Morgan fingerprint density at radius 3 is 2.75 bits per heavy atom. The van der Waals surface area contributed by atoms with E-state index in [1.54, 1.807) is 0 Å². The number of hydrogen-bond acceptors (Lipinski definition) is 3. The van der Waals surface area contributed by atoms with Gasteiger partial charge in [0.2, 0.25) is 5.91 Å². The third-order valence-electron chi connectivity index (χ3n) is 4.75. The van der Waals surface area contributed by atoms with Gasteiger partial charge >= 0.3 is 6.03 Å². The predicted molar refractivity (Wildman–Crippen MR) is 71.8 cm³/mol. The van der Waals surface area contributed by atoms with Crippen LogP contribution in [0.1, 0.15) is 45.4 Å². The maximum Gasteiger partial charge on any atom is 0.325 e. The zero-order valence-electron chi connectivity index (χ0n) is 11.8. The molecule has 6 heteroatoms. The minimum Gasteiger partial charge on any atom is -0.352 e. The summed E-state index contributed by atoms with van der Waals surface area (Å²) in [5.74, 6) is -0.332. The van der Waals surface area contributed by atoms with Crippen molar-refractivity contribution >= 4 is 17.8 Å². The lowest BCUT2D eigenvalue weighted by Gasteiger charge is -2.36. The fourth-order valence-electron chi connectivity index (χ4n) is 3.28.